The monoisotopic (exact) mass is 482 g/mol. The van der Waals surface area contributed by atoms with Crippen LogP contribution in [0.2, 0.25) is 0 Å². The number of thioether (sulfide) groups is 1. The lowest BCUT2D eigenvalue weighted by Gasteiger charge is -2.24. The standard InChI is InChI=1S/C22H34N4O6S/c1-12(2)18(23)21(30)24-13(3)19(28)26-17(11-14-5-7-15(27)8-6-14)20(29)25-16(22(31)32)9-10-33-4/h5-8,12-13,16-18,27H,9-11,23H2,1-4H3,(H,24,30)(H,25,29)(H,26,28)(H,31,32). The molecule has 4 atom stereocenters. The van der Waals surface area contributed by atoms with E-state index in [1.54, 1.807) is 26.0 Å². The Balaban J connectivity index is 2.97. The molecular formula is C22H34N4O6S. The summed E-state index contributed by atoms with van der Waals surface area (Å²) < 4.78 is 0. The maximum absolute atomic E-state index is 12.9. The third-order valence-electron chi connectivity index (χ3n) is 5.01. The Labute approximate surface area is 198 Å². The quantitative estimate of drug-likeness (QED) is 0.232. The summed E-state index contributed by atoms with van der Waals surface area (Å²) in [4.78, 5) is 49.3. The number of nitrogens with one attached hydrogen (secondary N) is 3. The minimum atomic E-state index is -1.17. The molecule has 0 aliphatic heterocycles. The second-order valence-corrected chi connectivity index (χ2v) is 9.10. The molecule has 0 spiro atoms. The van der Waals surface area contributed by atoms with Crippen molar-refractivity contribution in [3.8, 4) is 5.75 Å². The Kier molecular flexibility index (Phi) is 11.7. The van der Waals surface area contributed by atoms with Gasteiger partial charge in [-0.1, -0.05) is 26.0 Å². The molecule has 1 aromatic carbocycles. The van der Waals surface area contributed by atoms with E-state index in [9.17, 15) is 29.4 Å². The van der Waals surface area contributed by atoms with E-state index < -0.39 is 47.9 Å². The molecule has 0 fully saturated rings. The van der Waals surface area contributed by atoms with Crippen LogP contribution in [-0.2, 0) is 25.6 Å². The second kappa shape index (κ2) is 13.7. The first-order valence-corrected chi connectivity index (χ1v) is 12.0. The molecule has 0 aromatic heterocycles. The van der Waals surface area contributed by atoms with E-state index >= 15 is 0 Å². The fraction of sp³-hybridized carbons (Fsp3) is 0.545. The zero-order chi connectivity index (χ0) is 25.1. The molecule has 1 aromatic rings. The number of hydrogen-bond acceptors (Lipinski definition) is 7. The number of aliphatic carboxylic acids is 1. The highest BCUT2D eigenvalue weighted by Gasteiger charge is 2.29. The zero-order valence-corrected chi connectivity index (χ0v) is 20.1. The Morgan fingerprint density at radius 1 is 0.939 bits per heavy atom. The molecule has 0 aliphatic carbocycles. The van der Waals surface area contributed by atoms with Crippen LogP contribution in [0.1, 0.15) is 32.8 Å². The van der Waals surface area contributed by atoms with E-state index in [4.69, 9.17) is 5.73 Å². The number of carboxylic acid groups (broad SMARTS) is 1. The molecule has 0 saturated heterocycles. The minimum Gasteiger partial charge on any atom is -0.508 e. The molecule has 1 rings (SSSR count). The van der Waals surface area contributed by atoms with Gasteiger partial charge < -0.3 is 31.9 Å². The van der Waals surface area contributed by atoms with Gasteiger partial charge >= 0.3 is 5.97 Å². The smallest absolute Gasteiger partial charge is 0.326 e. The number of carbonyl (C=O) groups excluding carboxylic acids is 3. The van der Waals surface area contributed by atoms with Gasteiger partial charge in [-0.3, -0.25) is 14.4 Å². The number of amides is 3. The van der Waals surface area contributed by atoms with Crippen molar-refractivity contribution < 1.29 is 29.4 Å². The van der Waals surface area contributed by atoms with E-state index in [-0.39, 0.29) is 24.5 Å². The topological polar surface area (TPSA) is 171 Å². The number of carbonyl (C=O) groups is 4. The van der Waals surface area contributed by atoms with E-state index in [0.717, 1.165) is 0 Å². The maximum atomic E-state index is 12.9. The molecule has 33 heavy (non-hydrogen) atoms. The van der Waals surface area contributed by atoms with Crippen molar-refractivity contribution >= 4 is 35.5 Å². The largest absolute Gasteiger partial charge is 0.508 e. The Hall–Kier alpha value is -2.79. The van der Waals surface area contributed by atoms with Crippen LogP contribution in [0.3, 0.4) is 0 Å². The van der Waals surface area contributed by atoms with Crippen LogP contribution in [0.15, 0.2) is 24.3 Å². The lowest BCUT2D eigenvalue weighted by molar-refractivity contribution is -0.142. The summed E-state index contributed by atoms with van der Waals surface area (Å²) >= 11 is 1.45. The SMILES string of the molecule is CSCCC(NC(=O)C(Cc1ccc(O)cc1)NC(=O)C(C)NC(=O)C(N)C(C)C)C(=O)O. The lowest BCUT2D eigenvalue weighted by atomic mass is 10.0. The number of phenolic OH excluding ortho intramolecular Hbond substituents is 1. The van der Waals surface area contributed by atoms with Gasteiger partial charge in [0, 0.05) is 6.42 Å². The fourth-order valence-electron chi connectivity index (χ4n) is 2.82. The summed E-state index contributed by atoms with van der Waals surface area (Å²) in [5.41, 5.74) is 6.45. The van der Waals surface area contributed by atoms with Crippen molar-refractivity contribution in [1.29, 1.82) is 0 Å². The van der Waals surface area contributed by atoms with Gasteiger partial charge in [0.05, 0.1) is 6.04 Å². The number of nitrogens with two attached hydrogens (primary N) is 1. The van der Waals surface area contributed by atoms with E-state index in [0.29, 0.717) is 11.3 Å². The summed E-state index contributed by atoms with van der Waals surface area (Å²) in [7, 11) is 0. The molecule has 0 aliphatic rings. The number of hydrogen-bond donors (Lipinski definition) is 6. The molecule has 0 bridgehead atoms. The van der Waals surface area contributed by atoms with E-state index in [1.165, 1.54) is 30.8 Å². The normalized spacial score (nSPS) is 14.6. The number of benzene rings is 1. The number of rotatable bonds is 13. The average molecular weight is 483 g/mol. The maximum Gasteiger partial charge on any atom is 0.326 e. The number of carboxylic acids is 1. The highest BCUT2D eigenvalue weighted by atomic mass is 32.2. The summed E-state index contributed by atoms with van der Waals surface area (Å²) in [5.74, 6) is -2.49. The predicted molar refractivity (Wildman–Crippen MR) is 127 cm³/mol. The molecule has 0 heterocycles. The second-order valence-electron chi connectivity index (χ2n) is 8.11. The Morgan fingerprint density at radius 2 is 1.52 bits per heavy atom. The van der Waals surface area contributed by atoms with Gasteiger partial charge in [0.15, 0.2) is 0 Å². The molecule has 4 unspecified atom stereocenters. The summed E-state index contributed by atoms with van der Waals surface area (Å²) in [5, 5.41) is 26.5. The van der Waals surface area contributed by atoms with Crippen LogP contribution in [0.25, 0.3) is 0 Å². The third-order valence-corrected chi connectivity index (χ3v) is 5.65. The summed E-state index contributed by atoms with van der Waals surface area (Å²) in [6.45, 7) is 5.03. The first-order chi connectivity index (χ1) is 15.5. The first-order valence-electron chi connectivity index (χ1n) is 10.6. The van der Waals surface area contributed by atoms with E-state index in [1.807, 2.05) is 6.26 Å². The van der Waals surface area contributed by atoms with Crippen molar-refractivity contribution in [2.75, 3.05) is 12.0 Å². The highest BCUT2D eigenvalue weighted by molar-refractivity contribution is 7.98. The predicted octanol–water partition coefficient (Wildman–Crippen LogP) is 0.230. The molecule has 184 valence electrons. The molecular weight excluding hydrogens is 448 g/mol. The Bertz CT molecular complexity index is 818. The fourth-order valence-corrected chi connectivity index (χ4v) is 3.29. The Morgan fingerprint density at radius 3 is 2.03 bits per heavy atom. The first kappa shape index (κ1) is 28.2. The number of aromatic hydroxyl groups is 1. The van der Waals surface area contributed by atoms with Crippen molar-refractivity contribution in [1.82, 2.24) is 16.0 Å². The number of phenols is 1. The van der Waals surface area contributed by atoms with Crippen LogP contribution >= 0.6 is 11.8 Å². The average Bonchev–Trinajstić information content (AvgIpc) is 2.76. The van der Waals surface area contributed by atoms with E-state index in [2.05, 4.69) is 16.0 Å². The molecule has 11 heteroatoms. The molecule has 0 radical (unpaired) electrons. The van der Waals surface area contributed by atoms with Gasteiger partial charge in [0.25, 0.3) is 0 Å². The van der Waals surface area contributed by atoms with Crippen molar-refractivity contribution in [3.05, 3.63) is 29.8 Å². The van der Waals surface area contributed by atoms with Gasteiger partial charge in [-0.05, 0) is 49.0 Å². The van der Waals surface area contributed by atoms with Gasteiger partial charge in [0.1, 0.15) is 23.9 Å². The molecule has 3 amide bonds. The van der Waals surface area contributed by atoms with Crippen LogP contribution in [0.4, 0.5) is 0 Å². The van der Waals surface area contributed by atoms with Crippen molar-refractivity contribution in [2.24, 2.45) is 11.7 Å². The summed E-state index contributed by atoms with van der Waals surface area (Å²) in [6.07, 6.45) is 2.11. The lowest BCUT2D eigenvalue weighted by Crippen LogP contribution is -2.57. The summed E-state index contributed by atoms with van der Waals surface area (Å²) in [6, 6.07) is 2.12. The molecule has 10 nitrogen and oxygen atoms in total. The van der Waals surface area contributed by atoms with Crippen LogP contribution in [-0.4, -0.2) is 70.1 Å². The van der Waals surface area contributed by atoms with Crippen molar-refractivity contribution in [2.45, 2.75) is 57.8 Å². The van der Waals surface area contributed by atoms with Gasteiger partial charge in [-0.2, -0.15) is 11.8 Å². The van der Waals surface area contributed by atoms with Gasteiger partial charge in [-0.25, -0.2) is 4.79 Å². The minimum absolute atomic E-state index is 0.0459. The molecule has 0 saturated carbocycles. The van der Waals surface area contributed by atoms with Crippen molar-refractivity contribution in [3.63, 3.8) is 0 Å². The highest BCUT2D eigenvalue weighted by Crippen LogP contribution is 2.12. The zero-order valence-electron chi connectivity index (χ0n) is 19.3. The van der Waals surface area contributed by atoms with Gasteiger partial charge in [-0.15, -0.1) is 0 Å². The van der Waals surface area contributed by atoms with Crippen LogP contribution < -0.4 is 21.7 Å². The van der Waals surface area contributed by atoms with Crippen LogP contribution in [0, 0.1) is 5.92 Å². The molecule has 7 N–H and O–H groups in total. The third kappa shape index (κ3) is 9.70. The van der Waals surface area contributed by atoms with Gasteiger partial charge in [0.2, 0.25) is 17.7 Å². The van der Waals surface area contributed by atoms with Crippen LogP contribution in [0.5, 0.6) is 5.75 Å².